The molecule has 3 N–H and O–H groups in total. The van der Waals surface area contributed by atoms with Crippen LogP contribution in [0.3, 0.4) is 0 Å². The van der Waals surface area contributed by atoms with Gasteiger partial charge in [0, 0.05) is 23.7 Å². The Morgan fingerprint density at radius 1 is 1.16 bits per heavy atom. The quantitative estimate of drug-likeness (QED) is 0.499. The number of pyridine rings is 1. The number of nitrogen functional groups attached to an aromatic ring is 1. The summed E-state index contributed by atoms with van der Waals surface area (Å²) in [5.41, 5.74) is 10.8. The van der Waals surface area contributed by atoms with Crippen LogP contribution in [0.5, 0.6) is 0 Å². The molecule has 0 saturated heterocycles. The normalized spacial score (nSPS) is 22.8. The monoisotopic (exact) mass is 412 g/mol. The van der Waals surface area contributed by atoms with Crippen LogP contribution in [0.25, 0.3) is 21.9 Å². The third-order valence-corrected chi connectivity index (χ3v) is 7.16. The molecule has 6 heteroatoms. The summed E-state index contributed by atoms with van der Waals surface area (Å²) in [4.78, 5) is 13.5. The molecule has 6 nitrogen and oxygen atoms in total. The van der Waals surface area contributed by atoms with E-state index in [2.05, 4.69) is 57.2 Å². The second kappa shape index (κ2) is 7.22. The highest BCUT2D eigenvalue weighted by atomic mass is 15.1. The first kappa shape index (κ1) is 18.6. The molecular formula is C25H28N6. The van der Waals surface area contributed by atoms with E-state index >= 15 is 0 Å². The molecule has 1 aromatic carbocycles. The third kappa shape index (κ3) is 3.30. The molecule has 31 heavy (non-hydrogen) atoms. The summed E-state index contributed by atoms with van der Waals surface area (Å²) in [6.07, 6.45) is 10.8. The van der Waals surface area contributed by atoms with Crippen LogP contribution in [0.1, 0.15) is 49.8 Å². The molecular weight excluding hydrogens is 384 g/mol. The van der Waals surface area contributed by atoms with Crippen LogP contribution in [0.2, 0.25) is 0 Å². The van der Waals surface area contributed by atoms with E-state index in [1.165, 1.54) is 42.2 Å². The van der Waals surface area contributed by atoms with E-state index in [0.717, 1.165) is 41.1 Å². The molecule has 0 amide bonds. The summed E-state index contributed by atoms with van der Waals surface area (Å²) < 4.78 is 2.31. The maximum absolute atomic E-state index is 6.01. The van der Waals surface area contributed by atoms with Crippen LogP contribution in [-0.4, -0.2) is 25.6 Å². The van der Waals surface area contributed by atoms with Crippen LogP contribution in [0, 0.1) is 5.92 Å². The summed E-state index contributed by atoms with van der Waals surface area (Å²) in [5, 5.41) is 5.70. The zero-order valence-corrected chi connectivity index (χ0v) is 17.9. The molecule has 2 aliphatic rings. The molecule has 0 radical (unpaired) electrons. The number of nitrogens with zero attached hydrogens (tertiary/aromatic N) is 4. The molecule has 6 rings (SSSR count). The SMILES string of the molecule is CC1Cc2cc3ccc(CCC4CCC(n5ccc6c(N)ncnc65)C4)cc3nc2N1. The molecule has 3 unspecified atom stereocenters. The number of aromatic nitrogens is 4. The fourth-order valence-corrected chi connectivity index (χ4v) is 5.53. The number of nitrogens with one attached hydrogen (secondary N) is 1. The first-order chi connectivity index (χ1) is 15.1. The highest BCUT2D eigenvalue weighted by Crippen LogP contribution is 2.39. The Morgan fingerprint density at radius 2 is 2.10 bits per heavy atom. The van der Waals surface area contributed by atoms with Crippen LogP contribution in [-0.2, 0) is 12.8 Å². The second-order valence-electron chi connectivity index (χ2n) is 9.36. The van der Waals surface area contributed by atoms with Gasteiger partial charge in [-0.15, -0.1) is 0 Å². The van der Waals surface area contributed by atoms with Crippen molar-refractivity contribution in [2.45, 2.75) is 57.5 Å². The molecule has 4 heterocycles. The van der Waals surface area contributed by atoms with Gasteiger partial charge in [-0.3, -0.25) is 0 Å². The average Bonchev–Trinajstić information content (AvgIpc) is 3.48. The van der Waals surface area contributed by atoms with Crippen molar-refractivity contribution in [3.63, 3.8) is 0 Å². The Kier molecular flexibility index (Phi) is 4.33. The highest BCUT2D eigenvalue weighted by molar-refractivity contribution is 5.86. The zero-order valence-electron chi connectivity index (χ0n) is 17.9. The fraction of sp³-hybridized carbons (Fsp3) is 0.400. The second-order valence-corrected chi connectivity index (χ2v) is 9.36. The predicted octanol–water partition coefficient (Wildman–Crippen LogP) is 4.89. The predicted molar refractivity (Wildman–Crippen MR) is 125 cm³/mol. The van der Waals surface area contributed by atoms with Gasteiger partial charge in [0.25, 0.3) is 0 Å². The lowest BCUT2D eigenvalue weighted by Gasteiger charge is -2.14. The standard InChI is InChI=1S/C25H28N6/c1-15-10-19-13-18-6-4-17(12-22(18)30-24(19)29-15)3-2-16-5-7-20(11-16)31-9-8-21-23(26)27-14-28-25(21)31/h4,6,8-9,12-16,20H,2-3,5,7,10-11H2,1H3,(H,29,30)(H2,26,27,28). The summed E-state index contributed by atoms with van der Waals surface area (Å²) in [7, 11) is 0. The summed E-state index contributed by atoms with van der Waals surface area (Å²) >= 11 is 0. The van der Waals surface area contributed by atoms with E-state index in [0.29, 0.717) is 17.9 Å². The fourth-order valence-electron chi connectivity index (χ4n) is 5.53. The number of fused-ring (bicyclic) bond motifs is 3. The van der Waals surface area contributed by atoms with Crippen LogP contribution in [0.15, 0.2) is 42.9 Å². The molecule has 0 bridgehead atoms. The molecule has 0 spiro atoms. The van der Waals surface area contributed by atoms with Gasteiger partial charge in [-0.25, -0.2) is 15.0 Å². The van der Waals surface area contributed by atoms with Gasteiger partial charge in [0.2, 0.25) is 0 Å². The Morgan fingerprint density at radius 3 is 3.03 bits per heavy atom. The van der Waals surface area contributed by atoms with Gasteiger partial charge < -0.3 is 15.6 Å². The van der Waals surface area contributed by atoms with Gasteiger partial charge >= 0.3 is 0 Å². The number of aryl methyl sites for hydroxylation is 1. The van der Waals surface area contributed by atoms with E-state index in [-0.39, 0.29) is 0 Å². The van der Waals surface area contributed by atoms with E-state index in [4.69, 9.17) is 10.7 Å². The van der Waals surface area contributed by atoms with Crippen molar-refractivity contribution in [1.82, 2.24) is 19.5 Å². The van der Waals surface area contributed by atoms with Gasteiger partial charge in [0.15, 0.2) is 0 Å². The van der Waals surface area contributed by atoms with Crippen LogP contribution >= 0.6 is 0 Å². The molecule has 1 saturated carbocycles. The van der Waals surface area contributed by atoms with Gasteiger partial charge in [-0.2, -0.15) is 0 Å². The van der Waals surface area contributed by atoms with Gasteiger partial charge in [0.05, 0.1) is 10.9 Å². The Balaban J connectivity index is 1.14. The van der Waals surface area contributed by atoms with E-state index in [9.17, 15) is 0 Å². The lowest BCUT2D eigenvalue weighted by molar-refractivity contribution is 0.461. The zero-order chi connectivity index (χ0) is 20.9. The van der Waals surface area contributed by atoms with E-state index < -0.39 is 0 Å². The van der Waals surface area contributed by atoms with Crippen molar-refractivity contribution in [2.24, 2.45) is 5.92 Å². The number of nitrogens with two attached hydrogens (primary N) is 1. The molecule has 1 aliphatic heterocycles. The number of rotatable bonds is 4. The summed E-state index contributed by atoms with van der Waals surface area (Å²) in [6, 6.07) is 12.2. The highest BCUT2D eigenvalue weighted by Gasteiger charge is 2.27. The first-order valence-electron chi connectivity index (χ1n) is 11.4. The summed E-state index contributed by atoms with van der Waals surface area (Å²) in [6.45, 7) is 2.21. The van der Waals surface area contributed by atoms with Crippen molar-refractivity contribution < 1.29 is 0 Å². The molecule has 3 aromatic heterocycles. The smallest absolute Gasteiger partial charge is 0.145 e. The van der Waals surface area contributed by atoms with Crippen LogP contribution in [0.4, 0.5) is 11.6 Å². The lowest BCUT2D eigenvalue weighted by Crippen LogP contribution is -2.08. The Hall–Kier alpha value is -3.15. The molecule has 1 fully saturated rings. The summed E-state index contributed by atoms with van der Waals surface area (Å²) in [5.74, 6) is 2.38. The minimum Gasteiger partial charge on any atom is -0.383 e. The van der Waals surface area contributed by atoms with E-state index in [1.807, 2.05) is 6.07 Å². The van der Waals surface area contributed by atoms with Crippen molar-refractivity contribution in [2.75, 3.05) is 11.1 Å². The van der Waals surface area contributed by atoms with Gasteiger partial charge in [-0.05, 0) is 80.7 Å². The first-order valence-corrected chi connectivity index (χ1v) is 11.4. The molecule has 1 aliphatic carbocycles. The number of hydrogen-bond acceptors (Lipinski definition) is 5. The Labute approximate surface area is 181 Å². The molecule has 158 valence electrons. The number of anilines is 2. The van der Waals surface area contributed by atoms with Crippen molar-refractivity contribution >= 4 is 33.6 Å². The van der Waals surface area contributed by atoms with Crippen molar-refractivity contribution in [3.05, 3.63) is 54.0 Å². The van der Waals surface area contributed by atoms with Crippen molar-refractivity contribution in [3.8, 4) is 0 Å². The topological polar surface area (TPSA) is 81.7 Å². The van der Waals surface area contributed by atoms with Crippen molar-refractivity contribution in [1.29, 1.82) is 0 Å². The number of benzene rings is 1. The maximum Gasteiger partial charge on any atom is 0.145 e. The van der Waals surface area contributed by atoms with Gasteiger partial charge in [-0.1, -0.05) is 12.1 Å². The minimum absolute atomic E-state index is 0.481. The molecule has 3 atom stereocenters. The van der Waals surface area contributed by atoms with E-state index in [1.54, 1.807) is 6.33 Å². The molecule has 4 aromatic rings. The van der Waals surface area contributed by atoms with Crippen LogP contribution < -0.4 is 11.1 Å². The third-order valence-electron chi connectivity index (χ3n) is 7.16. The largest absolute Gasteiger partial charge is 0.383 e. The number of hydrogen-bond donors (Lipinski definition) is 2. The van der Waals surface area contributed by atoms with Gasteiger partial charge in [0.1, 0.15) is 23.6 Å². The Bertz CT molecular complexity index is 1280. The lowest BCUT2D eigenvalue weighted by atomic mass is 9.97. The average molecular weight is 413 g/mol. The maximum atomic E-state index is 6.01. The minimum atomic E-state index is 0.481.